The van der Waals surface area contributed by atoms with Crippen LogP contribution in [0.3, 0.4) is 0 Å². The molecule has 5 nitrogen and oxygen atoms in total. The van der Waals surface area contributed by atoms with Gasteiger partial charge in [0.05, 0.1) is 6.54 Å². The maximum Gasteiger partial charge on any atom is 0.239 e. The summed E-state index contributed by atoms with van der Waals surface area (Å²) in [5.74, 6) is -0.00659. The van der Waals surface area contributed by atoms with E-state index in [0.717, 1.165) is 24.3 Å². The summed E-state index contributed by atoms with van der Waals surface area (Å²) < 4.78 is 0. The van der Waals surface area contributed by atoms with Crippen molar-refractivity contribution in [1.29, 1.82) is 0 Å². The lowest BCUT2D eigenvalue weighted by atomic mass is 10.1. The predicted molar refractivity (Wildman–Crippen MR) is 95.6 cm³/mol. The second-order valence-electron chi connectivity index (χ2n) is 5.60. The number of unbranched alkanes of at least 4 members (excludes halogenated alkanes) is 4. The highest BCUT2D eigenvalue weighted by molar-refractivity contribution is 5.90. The summed E-state index contributed by atoms with van der Waals surface area (Å²) in [4.78, 5) is 23.0. The number of benzene rings is 1. The van der Waals surface area contributed by atoms with Crippen LogP contribution in [-0.2, 0) is 9.59 Å². The molecule has 128 valence electrons. The lowest BCUT2D eigenvalue weighted by molar-refractivity contribution is -0.119. The molecule has 0 atom stereocenters. The molecule has 0 bridgehead atoms. The molecule has 1 aromatic rings. The van der Waals surface area contributed by atoms with E-state index in [-0.39, 0.29) is 18.4 Å². The summed E-state index contributed by atoms with van der Waals surface area (Å²) in [5, 5.41) is 8.78. The Morgan fingerprint density at radius 2 is 1.52 bits per heavy atom. The Labute approximate surface area is 139 Å². The molecular weight excluding hydrogens is 290 g/mol. The first-order valence-corrected chi connectivity index (χ1v) is 8.56. The van der Waals surface area contributed by atoms with Crippen molar-refractivity contribution in [2.45, 2.75) is 52.4 Å². The Bertz CT molecular complexity index is 472. The molecule has 0 saturated heterocycles. The minimum absolute atomic E-state index is 0.00357. The molecule has 23 heavy (non-hydrogen) atoms. The molecule has 0 saturated carbocycles. The second-order valence-corrected chi connectivity index (χ2v) is 5.60. The van der Waals surface area contributed by atoms with Gasteiger partial charge in [0.25, 0.3) is 0 Å². The Balaban J connectivity index is 2.19. The van der Waals surface area contributed by atoms with E-state index in [2.05, 4.69) is 22.9 Å². The van der Waals surface area contributed by atoms with E-state index >= 15 is 0 Å². The molecule has 0 aromatic heterocycles. The fraction of sp³-hybridized carbons (Fsp3) is 0.556. The molecule has 0 aliphatic carbocycles. The zero-order valence-electron chi connectivity index (χ0n) is 14.3. The van der Waals surface area contributed by atoms with Gasteiger partial charge in [-0.15, -0.1) is 0 Å². The van der Waals surface area contributed by atoms with Gasteiger partial charge < -0.3 is 16.0 Å². The summed E-state index contributed by atoms with van der Waals surface area (Å²) in [5.41, 5.74) is 1.62. The Kier molecular flexibility index (Phi) is 9.52. The number of hydrogen-bond acceptors (Lipinski definition) is 3. The van der Waals surface area contributed by atoms with E-state index in [1.807, 2.05) is 31.2 Å². The number of rotatable bonds is 11. The van der Waals surface area contributed by atoms with Crippen LogP contribution < -0.4 is 16.0 Å². The molecule has 0 radical (unpaired) electrons. The molecule has 0 aliphatic rings. The minimum atomic E-state index is -0.0102. The second kappa shape index (κ2) is 11.5. The van der Waals surface area contributed by atoms with E-state index in [9.17, 15) is 9.59 Å². The topological polar surface area (TPSA) is 70.2 Å². The largest absolute Gasteiger partial charge is 0.376 e. The average molecular weight is 319 g/mol. The van der Waals surface area contributed by atoms with Gasteiger partial charge in [-0.2, -0.15) is 0 Å². The van der Waals surface area contributed by atoms with Gasteiger partial charge >= 0.3 is 0 Å². The zero-order chi connectivity index (χ0) is 16.9. The maximum atomic E-state index is 11.7. The van der Waals surface area contributed by atoms with Gasteiger partial charge in [-0.25, -0.2) is 0 Å². The highest BCUT2D eigenvalue weighted by atomic mass is 16.2. The molecule has 0 aliphatic heterocycles. The van der Waals surface area contributed by atoms with Crippen molar-refractivity contribution in [2.24, 2.45) is 0 Å². The van der Waals surface area contributed by atoms with Gasteiger partial charge in [0, 0.05) is 24.3 Å². The minimum Gasteiger partial charge on any atom is -0.376 e. The fourth-order valence-electron chi connectivity index (χ4n) is 2.12. The Morgan fingerprint density at radius 1 is 0.870 bits per heavy atom. The molecule has 3 N–H and O–H groups in total. The molecule has 1 aromatic carbocycles. The van der Waals surface area contributed by atoms with Crippen LogP contribution in [0.5, 0.6) is 0 Å². The highest BCUT2D eigenvalue weighted by Crippen LogP contribution is 2.13. The molecule has 2 amide bonds. The van der Waals surface area contributed by atoms with Crippen molar-refractivity contribution in [2.75, 3.05) is 23.7 Å². The highest BCUT2D eigenvalue weighted by Gasteiger charge is 2.02. The van der Waals surface area contributed by atoms with Crippen LogP contribution in [0.1, 0.15) is 52.4 Å². The van der Waals surface area contributed by atoms with Gasteiger partial charge in [0.15, 0.2) is 0 Å². The van der Waals surface area contributed by atoms with E-state index in [1.54, 1.807) is 0 Å². The van der Waals surface area contributed by atoms with Gasteiger partial charge in [0.1, 0.15) is 0 Å². The Hall–Kier alpha value is -2.04. The SMILES string of the molecule is CCCCCCCNC(=O)CNc1ccc(NC(=O)CC)cc1. The Morgan fingerprint density at radius 3 is 2.17 bits per heavy atom. The molecular formula is C18H29N3O2. The molecule has 5 heteroatoms. The van der Waals surface area contributed by atoms with Gasteiger partial charge in [-0.1, -0.05) is 39.5 Å². The quantitative estimate of drug-likeness (QED) is 0.546. The van der Waals surface area contributed by atoms with Crippen LogP contribution in [0.25, 0.3) is 0 Å². The van der Waals surface area contributed by atoms with Crippen LogP contribution in [0.4, 0.5) is 11.4 Å². The fourth-order valence-corrected chi connectivity index (χ4v) is 2.12. The first kappa shape index (κ1) is 19.0. The van der Waals surface area contributed by atoms with E-state index < -0.39 is 0 Å². The monoisotopic (exact) mass is 319 g/mol. The van der Waals surface area contributed by atoms with Crippen molar-refractivity contribution in [3.05, 3.63) is 24.3 Å². The summed E-state index contributed by atoms with van der Waals surface area (Å²) >= 11 is 0. The van der Waals surface area contributed by atoms with E-state index in [4.69, 9.17) is 0 Å². The van der Waals surface area contributed by atoms with Crippen molar-refractivity contribution in [1.82, 2.24) is 5.32 Å². The lowest BCUT2D eigenvalue weighted by Crippen LogP contribution is -2.30. The number of anilines is 2. The van der Waals surface area contributed by atoms with Crippen molar-refractivity contribution >= 4 is 23.2 Å². The van der Waals surface area contributed by atoms with Gasteiger partial charge in [-0.3, -0.25) is 9.59 Å². The summed E-state index contributed by atoms with van der Waals surface area (Å²) in [6, 6.07) is 7.34. The third-order valence-electron chi connectivity index (χ3n) is 3.55. The maximum absolute atomic E-state index is 11.7. The summed E-state index contributed by atoms with van der Waals surface area (Å²) in [6.07, 6.45) is 6.41. The van der Waals surface area contributed by atoms with Crippen molar-refractivity contribution in [3.63, 3.8) is 0 Å². The van der Waals surface area contributed by atoms with E-state index in [1.165, 1.54) is 25.7 Å². The first-order chi connectivity index (χ1) is 11.2. The van der Waals surface area contributed by atoms with Crippen molar-refractivity contribution < 1.29 is 9.59 Å². The molecule has 1 rings (SSSR count). The number of hydrogen-bond donors (Lipinski definition) is 3. The normalized spacial score (nSPS) is 10.2. The predicted octanol–water partition coefficient (Wildman–Crippen LogP) is 3.53. The van der Waals surface area contributed by atoms with Crippen LogP contribution in [-0.4, -0.2) is 24.9 Å². The number of nitrogens with one attached hydrogen (secondary N) is 3. The van der Waals surface area contributed by atoms with E-state index in [0.29, 0.717) is 6.42 Å². The van der Waals surface area contributed by atoms with Crippen LogP contribution in [0.15, 0.2) is 24.3 Å². The molecule has 0 unspecified atom stereocenters. The van der Waals surface area contributed by atoms with Gasteiger partial charge in [-0.05, 0) is 30.7 Å². The molecule has 0 heterocycles. The number of amides is 2. The summed E-state index contributed by atoms with van der Waals surface area (Å²) in [6.45, 7) is 5.01. The van der Waals surface area contributed by atoms with Crippen LogP contribution >= 0.6 is 0 Å². The standard InChI is InChI=1S/C18H29N3O2/c1-3-5-6-7-8-13-19-18(23)14-20-15-9-11-16(12-10-15)21-17(22)4-2/h9-12,20H,3-8,13-14H2,1-2H3,(H,19,23)(H,21,22). The average Bonchev–Trinajstić information content (AvgIpc) is 2.57. The zero-order valence-corrected chi connectivity index (χ0v) is 14.3. The van der Waals surface area contributed by atoms with Crippen LogP contribution in [0.2, 0.25) is 0 Å². The van der Waals surface area contributed by atoms with Gasteiger partial charge in [0.2, 0.25) is 11.8 Å². The summed E-state index contributed by atoms with van der Waals surface area (Å²) in [7, 11) is 0. The smallest absolute Gasteiger partial charge is 0.239 e. The molecule has 0 fully saturated rings. The lowest BCUT2D eigenvalue weighted by Gasteiger charge is -2.09. The molecule has 0 spiro atoms. The third-order valence-corrected chi connectivity index (χ3v) is 3.55. The van der Waals surface area contributed by atoms with Crippen LogP contribution in [0, 0.1) is 0 Å². The first-order valence-electron chi connectivity index (χ1n) is 8.56. The number of carbonyl (C=O) groups excluding carboxylic acids is 2. The third kappa shape index (κ3) is 8.86. The van der Waals surface area contributed by atoms with Crippen molar-refractivity contribution in [3.8, 4) is 0 Å². The number of carbonyl (C=O) groups is 2.